The van der Waals surface area contributed by atoms with Crippen molar-refractivity contribution in [3.8, 4) is 0 Å². The van der Waals surface area contributed by atoms with Crippen molar-refractivity contribution in [3.05, 3.63) is 0 Å². The van der Waals surface area contributed by atoms with Crippen LogP contribution in [0.15, 0.2) is 0 Å². The molecule has 80 valence electrons. The van der Waals surface area contributed by atoms with Gasteiger partial charge in [0, 0.05) is 14.2 Å². The molecule has 8 heteroatoms. The van der Waals surface area contributed by atoms with Crippen molar-refractivity contribution in [2.45, 2.75) is 12.6 Å². The molecule has 6 nitrogen and oxygen atoms in total. The molecule has 0 saturated carbocycles. The van der Waals surface area contributed by atoms with E-state index in [1.165, 1.54) is 21.1 Å². The smallest absolute Gasteiger partial charge is 0.324 e. The monoisotopic (exact) mass is 232 g/mol. The van der Waals surface area contributed by atoms with Gasteiger partial charge in [-0.15, -0.1) is 0 Å². The number of rotatable bonds is 5. The molecular formula is C5H14O6P2. The lowest BCUT2D eigenvalue weighted by Gasteiger charge is -2.20. The molecule has 2 N–H and O–H groups in total. The minimum Gasteiger partial charge on any atom is -0.324 e. The Bertz CT molecular complexity index is 237. The SMILES string of the molecule is COP(=O)(OC)C(C)CP(=O)(O)O. The highest BCUT2D eigenvalue weighted by atomic mass is 31.2. The normalized spacial score (nSPS) is 15.8. The predicted octanol–water partition coefficient (Wildman–Crippen LogP) is 1.04. The van der Waals surface area contributed by atoms with Crippen LogP contribution in [0.3, 0.4) is 0 Å². The fourth-order valence-corrected chi connectivity index (χ4v) is 3.87. The number of hydrogen-bond donors (Lipinski definition) is 2. The van der Waals surface area contributed by atoms with Crippen LogP contribution in [0.2, 0.25) is 0 Å². The van der Waals surface area contributed by atoms with E-state index in [0.29, 0.717) is 0 Å². The van der Waals surface area contributed by atoms with Crippen molar-refractivity contribution in [1.82, 2.24) is 0 Å². The van der Waals surface area contributed by atoms with Gasteiger partial charge in [-0.1, -0.05) is 6.92 Å². The number of hydrogen-bond acceptors (Lipinski definition) is 4. The van der Waals surface area contributed by atoms with Gasteiger partial charge in [0.05, 0.1) is 11.8 Å². The fraction of sp³-hybridized carbons (Fsp3) is 1.00. The highest BCUT2D eigenvalue weighted by molar-refractivity contribution is 7.57. The molecule has 0 saturated heterocycles. The Morgan fingerprint density at radius 3 is 1.85 bits per heavy atom. The molecule has 0 spiro atoms. The molecule has 0 fully saturated rings. The molecule has 0 aliphatic carbocycles. The second-order valence-electron chi connectivity index (χ2n) is 2.60. The molecule has 0 aromatic rings. The van der Waals surface area contributed by atoms with Gasteiger partial charge in [-0.2, -0.15) is 0 Å². The first-order valence-electron chi connectivity index (χ1n) is 3.51. The first-order valence-corrected chi connectivity index (χ1v) is 6.92. The van der Waals surface area contributed by atoms with Gasteiger partial charge >= 0.3 is 15.2 Å². The Kier molecular flexibility index (Phi) is 4.80. The van der Waals surface area contributed by atoms with E-state index in [9.17, 15) is 9.13 Å². The van der Waals surface area contributed by atoms with Crippen molar-refractivity contribution in [3.63, 3.8) is 0 Å². The molecule has 1 atom stereocenters. The Labute approximate surface area is 76.9 Å². The first kappa shape index (κ1) is 13.3. The zero-order valence-electron chi connectivity index (χ0n) is 7.71. The molecule has 13 heavy (non-hydrogen) atoms. The summed E-state index contributed by atoms with van der Waals surface area (Å²) in [6.07, 6.45) is -0.508. The summed E-state index contributed by atoms with van der Waals surface area (Å²) < 4.78 is 31.3. The molecule has 0 aromatic carbocycles. The van der Waals surface area contributed by atoms with Crippen LogP contribution in [0.1, 0.15) is 6.92 Å². The lowest BCUT2D eigenvalue weighted by molar-refractivity contribution is 0.267. The summed E-state index contributed by atoms with van der Waals surface area (Å²) in [6, 6.07) is 0. The highest BCUT2D eigenvalue weighted by Crippen LogP contribution is 2.55. The van der Waals surface area contributed by atoms with Crippen LogP contribution in [-0.4, -0.2) is 35.8 Å². The Balaban J connectivity index is 4.50. The molecule has 0 aromatic heterocycles. The minimum absolute atomic E-state index is 0.508. The van der Waals surface area contributed by atoms with Crippen molar-refractivity contribution < 1.29 is 28.0 Å². The van der Waals surface area contributed by atoms with Crippen molar-refractivity contribution in [1.29, 1.82) is 0 Å². The van der Waals surface area contributed by atoms with Crippen molar-refractivity contribution in [2.75, 3.05) is 20.4 Å². The van der Waals surface area contributed by atoms with Gasteiger partial charge in [0.2, 0.25) is 0 Å². The molecule has 0 rings (SSSR count). The van der Waals surface area contributed by atoms with E-state index in [0.717, 1.165) is 0 Å². The van der Waals surface area contributed by atoms with Crippen LogP contribution in [0, 0.1) is 0 Å². The fourth-order valence-electron chi connectivity index (χ4n) is 0.879. The van der Waals surface area contributed by atoms with Crippen LogP contribution in [0.25, 0.3) is 0 Å². The average molecular weight is 232 g/mol. The minimum atomic E-state index is -4.18. The third kappa shape index (κ3) is 4.36. The maximum atomic E-state index is 11.5. The molecule has 0 aliphatic heterocycles. The second-order valence-corrected chi connectivity index (χ2v) is 6.99. The molecule has 0 bridgehead atoms. The Morgan fingerprint density at radius 1 is 1.23 bits per heavy atom. The summed E-state index contributed by atoms with van der Waals surface area (Å²) in [7, 11) is -5.18. The van der Waals surface area contributed by atoms with Crippen LogP contribution in [-0.2, 0) is 18.2 Å². The largest absolute Gasteiger partial charge is 0.333 e. The van der Waals surface area contributed by atoms with Gasteiger partial charge in [-0.05, 0) is 0 Å². The summed E-state index contributed by atoms with van der Waals surface area (Å²) in [5.74, 6) is 0. The summed E-state index contributed by atoms with van der Waals surface area (Å²) >= 11 is 0. The van der Waals surface area contributed by atoms with Crippen LogP contribution in [0.4, 0.5) is 0 Å². The van der Waals surface area contributed by atoms with E-state index in [-0.39, 0.29) is 0 Å². The van der Waals surface area contributed by atoms with E-state index >= 15 is 0 Å². The van der Waals surface area contributed by atoms with E-state index < -0.39 is 27.0 Å². The zero-order chi connectivity index (χ0) is 10.7. The molecular weight excluding hydrogens is 218 g/mol. The van der Waals surface area contributed by atoms with Crippen LogP contribution >= 0.6 is 15.2 Å². The van der Waals surface area contributed by atoms with E-state index in [2.05, 4.69) is 9.05 Å². The van der Waals surface area contributed by atoms with Gasteiger partial charge in [-0.3, -0.25) is 9.13 Å². The zero-order valence-corrected chi connectivity index (χ0v) is 9.50. The molecule has 1 unspecified atom stereocenters. The molecule has 0 aliphatic rings. The van der Waals surface area contributed by atoms with Crippen LogP contribution < -0.4 is 0 Å². The van der Waals surface area contributed by atoms with Gasteiger partial charge in [-0.25, -0.2) is 0 Å². The van der Waals surface area contributed by atoms with Crippen molar-refractivity contribution in [2.24, 2.45) is 0 Å². The summed E-state index contributed by atoms with van der Waals surface area (Å²) in [4.78, 5) is 17.2. The van der Waals surface area contributed by atoms with Gasteiger partial charge in [0.25, 0.3) is 0 Å². The second kappa shape index (κ2) is 4.69. The summed E-state index contributed by atoms with van der Waals surface area (Å²) in [6.45, 7) is 1.41. The maximum Gasteiger partial charge on any atom is 0.333 e. The standard InChI is InChI=1S/C5H14O6P2/c1-5(4-12(6,7)8)13(9,10-2)11-3/h5H,4H2,1-3H3,(H2,6,7,8). The quantitative estimate of drug-likeness (QED) is 0.688. The van der Waals surface area contributed by atoms with Crippen LogP contribution in [0.5, 0.6) is 0 Å². The average Bonchev–Trinajstić information content (AvgIpc) is 2.00. The van der Waals surface area contributed by atoms with E-state index in [1.54, 1.807) is 0 Å². The lowest BCUT2D eigenvalue weighted by atomic mass is 10.6. The molecule has 0 heterocycles. The van der Waals surface area contributed by atoms with Crippen molar-refractivity contribution >= 4 is 15.2 Å². The first-order chi connectivity index (χ1) is 5.75. The third-order valence-corrected chi connectivity index (χ3v) is 5.14. The van der Waals surface area contributed by atoms with Gasteiger partial charge < -0.3 is 18.8 Å². The van der Waals surface area contributed by atoms with E-state index in [4.69, 9.17) is 9.79 Å². The topological polar surface area (TPSA) is 93.1 Å². The Morgan fingerprint density at radius 2 is 1.62 bits per heavy atom. The third-order valence-electron chi connectivity index (χ3n) is 1.55. The summed E-state index contributed by atoms with van der Waals surface area (Å²) in [5, 5.41) is 0. The molecule has 0 amide bonds. The summed E-state index contributed by atoms with van der Waals surface area (Å²) in [5.41, 5.74) is -0.816. The predicted molar refractivity (Wildman–Crippen MR) is 48.0 cm³/mol. The van der Waals surface area contributed by atoms with Gasteiger partial charge in [0.15, 0.2) is 0 Å². The molecule has 0 radical (unpaired) electrons. The van der Waals surface area contributed by atoms with E-state index in [1.807, 2.05) is 0 Å². The highest BCUT2D eigenvalue weighted by Gasteiger charge is 2.34. The Hall–Kier alpha value is 0.300. The van der Waals surface area contributed by atoms with Gasteiger partial charge in [0.1, 0.15) is 0 Å². The lowest BCUT2D eigenvalue weighted by Crippen LogP contribution is -2.12. The maximum absolute atomic E-state index is 11.5.